The second kappa shape index (κ2) is 21.2. The van der Waals surface area contributed by atoms with E-state index in [1.54, 1.807) is 23.3 Å². The van der Waals surface area contributed by atoms with Gasteiger partial charge >= 0.3 is 0 Å². The van der Waals surface area contributed by atoms with Crippen molar-refractivity contribution in [3.8, 4) is 0 Å². The fourth-order valence-corrected chi connectivity index (χ4v) is 8.88. The maximum Gasteiger partial charge on any atom is 0.182 e. The van der Waals surface area contributed by atoms with Crippen molar-refractivity contribution in [3.63, 3.8) is 0 Å². The summed E-state index contributed by atoms with van der Waals surface area (Å²) in [7, 11) is -3.14. The van der Waals surface area contributed by atoms with E-state index >= 15 is 0 Å². The Morgan fingerprint density at radius 1 is 0.460 bits per heavy atom. The summed E-state index contributed by atoms with van der Waals surface area (Å²) in [5.74, 6) is 0.395. The van der Waals surface area contributed by atoms with Gasteiger partial charge in [-0.05, 0) is 91.1 Å². The number of fused-ring (bicyclic) bond motifs is 4. The highest BCUT2D eigenvalue weighted by Crippen LogP contribution is 2.54. The fraction of sp³-hybridized carbons (Fsp3) is 0.576. The highest BCUT2D eigenvalue weighted by molar-refractivity contribution is 7.91. The van der Waals surface area contributed by atoms with Crippen LogP contribution >= 0.6 is 0 Å². The predicted octanol–water partition coefficient (Wildman–Crippen LogP) is 17.7. The summed E-state index contributed by atoms with van der Waals surface area (Å²) >= 11 is 0. The second-order valence-electron chi connectivity index (χ2n) is 26.1. The molecule has 0 bridgehead atoms. The summed E-state index contributed by atoms with van der Waals surface area (Å²) in [6.07, 6.45) is 12.7. The Hall–Kier alpha value is -3.50. The van der Waals surface area contributed by atoms with Gasteiger partial charge in [0.15, 0.2) is 15.6 Å². The van der Waals surface area contributed by atoms with Crippen molar-refractivity contribution in [3.05, 3.63) is 117 Å². The molecule has 0 N–H and O–H groups in total. The molecule has 4 heteroatoms. The summed E-state index contributed by atoms with van der Waals surface area (Å²) in [6.45, 7) is 45.9. The van der Waals surface area contributed by atoms with E-state index in [9.17, 15) is 13.2 Å². The van der Waals surface area contributed by atoms with Gasteiger partial charge in [-0.1, -0.05) is 248 Å². The van der Waals surface area contributed by atoms with Crippen LogP contribution in [-0.2, 0) is 15.3 Å². The van der Waals surface area contributed by atoms with Crippen molar-refractivity contribution in [2.45, 2.75) is 188 Å². The Morgan fingerprint density at radius 3 is 1.29 bits per heavy atom. The molecule has 7 rings (SSSR count). The quantitative estimate of drug-likeness (QED) is 0.226. The van der Waals surface area contributed by atoms with Crippen LogP contribution in [0.2, 0.25) is 0 Å². The van der Waals surface area contributed by atoms with Crippen LogP contribution in [0.3, 0.4) is 0 Å². The average molecular weight is 879 g/mol. The standard InChI is InChI=1S/C17H22.C14H16O.C13H16O2S.3C5H12/c1-16(2,3)14-11-13-7-4-5-8-15(13)17(12-14)9-6-10-17;1-14(2,3)11-8-10-6-4-5-7-12(10)13(15)9-11;1-13(2,3)11-8-10-6-4-5-7-12(10)16(14,15)9-11;3*1-5(2,3)4/h4-5,7-8,11H,6,9-10,12H2,1-3H3;4-8H,9H2,1-3H3;4-8H,9H2,1-3H3;3*1-4H3. The monoisotopic (exact) mass is 879 g/mol. The largest absolute Gasteiger partial charge is 0.294 e. The predicted molar refractivity (Wildman–Crippen MR) is 278 cm³/mol. The van der Waals surface area contributed by atoms with Gasteiger partial charge in [0.25, 0.3) is 0 Å². The molecule has 0 amide bonds. The first kappa shape index (κ1) is 55.6. The molecule has 1 spiro atoms. The normalized spacial score (nSPS) is 17.3. The first-order chi connectivity index (χ1) is 28.3. The first-order valence-electron chi connectivity index (χ1n) is 23.5. The third-order valence-electron chi connectivity index (χ3n) is 10.5. The van der Waals surface area contributed by atoms with Gasteiger partial charge in [0.2, 0.25) is 0 Å². The molecule has 0 unspecified atom stereocenters. The zero-order valence-corrected chi connectivity index (χ0v) is 44.9. The molecule has 1 saturated carbocycles. The van der Waals surface area contributed by atoms with Gasteiger partial charge in [-0.3, -0.25) is 4.79 Å². The first-order valence-corrected chi connectivity index (χ1v) is 25.1. The van der Waals surface area contributed by atoms with Crippen LogP contribution in [0.25, 0.3) is 18.2 Å². The number of allylic oxidation sites excluding steroid dienone is 2. The lowest BCUT2D eigenvalue weighted by atomic mass is 9.56. The van der Waals surface area contributed by atoms with Crippen LogP contribution in [0.4, 0.5) is 0 Å². The van der Waals surface area contributed by atoms with Crippen molar-refractivity contribution >= 4 is 33.8 Å². The van der Waals surface area contributed by atoms with Gasteiger partial charge in [-0.15, -0.1) is 0 Å². The van der Waals surface area contributed by atoms with E-state index in [0.29, 0.717) is 38.4 Å². The molecule has 3 aromatic carbocycles. The molecular formula is C59H90O3S. The molecule has 3 aromatic rings. The SMILES string of the molecule is CC(C)(C)C.CC(C)(C)C.CC(C)(C)C.CC(C)(C)C1=Cc2ccccc2C(=O)C1.CC(C)(C)C1=Cc2ccccc2C2(CCC2)C1.CC(C)(C)C1=Cc2ccccc2S(=O)(=O)C1. The molecule has 1 fully saturated rings. The third kappa shape index (κ3) is 19.6. The Balaban J connectivity index is 0.000000281. The minimum absolute atomic E-state index is 0.0865. The zero-order chi connectivity index (χ0) is 48.6. The van der Waals surface area contributed by atoms with Crippen molar-refractivity contribution in [2.75, 3.05) is 5.75 Å². The number of sulfone groups is 1. The summed E-state index contributed by atoms with van der Waals surface area (Å²) in [4.78, 5) is 12.4. The number of benzene rings is 3. The lowest BCUT2D eigenvalue weighted by Gasteiger charge is -2.48. The number of hydrogen-bond acceptors (Lipinski definition) is 3. The minimum atomic E-state index is -3.14. The van der Waals surface area contributed by atoms with Crippen molar-refractivity contribution in [2.24, 2.45) is 32.5 Å². The summed E-state index contributed by atoms with van der Waals surface area (Å²) < 4.78 is 24.2. The number of hydrogen-bond donors (Lipinski definition) is 0. The van der Waals surface area contributed by atoms with E-state index in [-0.39, 0.29) is 22.4 Å². The lowest BCUT2D eigenvalue weighted by molar-refractivity contribution is 0.0985. The van der Waals surface area contributed by atoms with Gasteiger partial charge in [0.05, 0.1) is 10.6 Å². The van der Waals surface area contributed by atoms with Crippen LogP contribution in [-0.4, -0.2) is 20.0 Å². The lowest BCUT2D eigenvalue weighted by Crippen LogP contribution is -2.38. The van der Waals surface area contributed by atoms with E-state index in [1.165, 1.54) is 36.8 Å². The summed E-state index contributed by atoms with van der Waals surface area (Å²) in [6, 6.07) is 24.0. The molecule has 3 aliphatic carbocycles. The number of rotatable bonds is 0. The van der Waals surface area contributed by atoms with Crippen LogP contribution in [0.15, 0.2) is 94.4 Å². The maximum absolute atomic E-state index is 12.1. The van der Waals surface area contributed by atoms with Crippen LogP contribution in [0.1, 0.15) is 210 Å². The van der Waals surface area contributed by atoms with E-state index in [4.69, 9.17) is 0 Å². The topological polar surface area (TPSA) is 51.2 Å². The fourth-order valence-electron chi connectivity index (χ4n) is 7.03. The smallest absolute Gasteiger partial charge is 0.182 e. The molecule has 350 valence electrons. The Labute approximate surface area is 388 Å². The average Bonchev–Trinajstić information content (AvgIpc) is 3.07. The molecule has 0 atom stereocenters. The Kier molecular flexibility index (Phi) is 18.7. The highest BCUT2D eigenvalue weighted by Gasteiger charge is 2.43. The molecule has 0 aromatic heterocycles. The molecule has 1 aliphatic heterocycles. The summed E-state index contributed by atoms with van der Waals surface area (Å²) in [5, 5.41) is 0. The van der Waals surface area contributed by atoms with Gasteiger partial charge < -0.3 is 0 Å². The van der Waals surface area contributed by atoms with Crippen molar-refractivity contribution in [1.82, 2.24) is 0 Å². The Bertz CT molecular complexity index is 2130. The second-order valence-corrected chi connectivity index (χ2v) is 28.1. The zero-order valence-electron chi connectivity index (χ0n) is 44.0. The van der Waals surface area contributed by atoms with Crippen molar-refractivity contribution < 1.29 is 13.2 Å². The van der Waals surface area contributed by atoms with Gasteiger partial charge in [-0.2, -0.15) is 0 Å². The van der Waals surface area contributed by atoms with Crippen LogP contribution in [0, 0.1) is 32.5 Å². The van der Waals surface area contributed by atoms with E-state index in [1.807, 2.05) is 63.2 Å². The Morgan fingerprint density at radius 2 is 0.841 bits per heavy atom. The minimum Gasteiger partial charge on any atom is -0.294 e. The number of ketones is 1. The molecule has 0 saturated heterocycles. The number of carbonyl (C=O) groups excluding carboxylic acids is 1. The highest BCUT2D eigenvalue weighted by atomic mass is 32.2. The van der Waals surface area contributed by atoms with E-state index < -0.39 is 9.84 Å². The number of Topliss-reactive ketones (excluding diaryl/α,β-unsaturated/α-hetero) is 1. The molecule has 63 heavy (non-hydrogen) atoms. The van der Waals surface area contributed by atoms with Gasteiger partial charge in [0.1, 0.15) is 0 Å². The third-order valence-corrected chi connectivity index (χ3v) is 12.2. The molecule has 3 nitrogen and oxygen atoms in total. The maximum atomic E-state index is 12.1. The van der Waals surface area contributed by atoms with Crippen LogP contribution in [0.5, 0.6) is 0 Å². The van der Waals surface area contributed by atoms with E-state index in [2.05, 4.69) is 161 Å². The van der Waals surface area contributed by atoms with Gasteiger partial charge in [0, 0.05) is 12.0 Å². The number of carbonyl (C=O) groups is 1. The van der Waals surface area contributed by atoms with Gasteiger partial charge in [-0.25, -0.2) is 8.42 Å². The van der Waals surface area contributed by atoms with Crippen molar-refractivity contribution in [1.29, 1.82) is 0 Å². The molecule has 4 aliphatic rings. The molecular weight excluding hydrogens is 789 g/mol. The summed E-state index contributed by atoms with van der Waals surface area (Å²) in [5.41, 5.74) is 12.0. The van der Waals surface area contributed by atoms with E-state index in [0.717, 1.165) is 22.3 Å². The molecule has 1 heterocycles. The van der Waals surface area contributed by atoms with Crippen LogP contribution < -0.4 is 0 Å². The molecule has 0 radical (unpaired) electrons.